The van der Waals surface area contributed by atoms with Crippen molar-refractivity contribution in [1.29, 1.82) is 0 Å². The molecule has 0 aromatic carbocycles. The van der Waals surface area contributed by atoms with Gasteiger partial charge in [-0.25, -0.2) is 0 Å². The molecule has 404 valence electrons. The van der Waals surface area contributed by atoms with Gasteiger partial charge in [0.25, 0.3) is 0 Å². The molecule has 3 nitrogen and oxygen atoms in total. The molecule has 3 heteroatoms. The van der Waals surface area contributed by atoms with Gasteiger partial charge in [0.2, 0.25) is 0 Å². The fourth-order valence-corrected chi connectivity index (χ4v) is 12.2. The van der Waals surface area contributed by atoms with Gasteiger partial charge in [0, 0.05) is 19.3 Å². The minimum atomic E-state index is 0.192. The summed E-state index contributed by atoms with van der Waals surface area (Å²) in [4.78, 5) is 0. The molecule has 0 bridgehead atoms. The summed E-state index contributed by atoms with van der Waals surface area (Å²) >= 11 is 0. The Morgan fingerprint density at radius 2 is 0.373 bits per heavy atom. The van der Waals surface area contributed by atoms with Crippen molar-refractivity contribution in [2.24, 2.45) is 0 Å². The Bertz CT molecular complexity index is 848. The maximum absolute atomic E-state index is 10.9. The Hall–Kier alpha value is -0.120. The molecule has 0 aliphatic heterocycles. The van der Waals surface area contributed by atoms with Gasteiger partial charge in [-0.05, 0) is 32.1 Å². The van der Waals surface area contributed by atoms with E-state index in [1.807, 2.05) is 0 Å². The highest BCUT2D eigenvalue weighted by molar-refractivity contribution is 4.84. The normalized spacial score (nSPS) is 12.3. The van der Waals surface area contributed by atoms with Crippen molar-refractivity contribution in [2.75, 3.05) is 32.8 Å². The second-order valence-electron chi connectivity index (χ2n) is 22.9. The molecule has 2 N–H and O–H groups in total. The van der Waals surface area contributed by atoms with Gasteiger partial charge in [0.1, 0.15) is 13.1 Å². The van der Waals surface area contributed by atoms with E-state index in [0.717, 1.165) is 24.1 Å². The van der Waals surface area contributed by atoms with Crippen LogP contribution in [0.15, 0.2) is 0 Å². The Morgan fingerprint density at radius 1 is 0.209 bits per heavy atom. The number of rotatable bonds is 60. The van der Waals surface area contributed by atoms with Crippen LogP contribution in [-0.2, 0) is 0 Å². The molecule has 67 heavy (non-hydrogen) atoms. The van der Waals surface area contributed by atoms with Gasteiger partial charge < -0.3 is 14.7 Å². The van der Waals surface area contributed by atoms with E-state index in [9.17, 15) is 10.2 Å². The third-order valence-corrected chi connectivity index (χ3v) is 16.7. The number of hydrogen-bond acceptors (Lipinski definition) is 2. The predicted octanol–water partition coefficient (Wildman–Crippen LogP) is 21.7. The van der Waals surface area contributed by atoms with Gasteiger partial charge in [-0.15, -0.1) is 0 Å². The van der Waals surface area contributed by atoms with Crippen molar-refractivity contribution in [1.82, 2.24) is 0 Å². The first kappa shape index (κ1) is 66.9. The first-order valence-corrected chi connectivity index (χ1v) is 32.2. The van der Waals surface area contributed by atoms with Crippen molar-refractivity contribution < 1.29 is 14.7 Å². The van der Waals surface area contributed by atoms with Crippen LogP contribution < -0.4 is 0 Å². The molecule has 0 saturated heterocycles. The molecule has 0 aliphatic carbocycles. The summed E-state index contributed by atoms with van der Waals surface area (Å²) < 4.78 is 0.992. The van der Waals surface area contributed by atoms with Crippen LogP contribution in [0.25, 0.3) is 0 Å². The van der Waals surface area contributed by atoms with Gasteiger partial charge in [-0.2, -0.15) is 0 Å². The van der Waals surface area contributed by atoms with Crippen molar-refractivity contribution in [3.8, 4) is 0 Å². The standard InChI is InChI=1S/C64H132NO2/c1-5-9-13-17-21-25-28-30-32-34-36-38-41-45-49-53-57-64(56-52-48-44-40-24-20-16-12-8-4,58-54-50-46-42-39-37-35-33-31-29-26-22-18-14-10-6-2)65(60-62-66,61-63-67)59-55-51-47-43-27-23-19-15-11-7-3/h66-67H,5-63H2,1-4H3/q+1. The number of aliphatic hydroxyl groups excluding tert-OH is 2. The van der Waals surface area contributed by atoms with Crippen LogP contribution in [0.4, 0.5) is 0 Å². The van der Waals surface area contributed by atoms with E-state index >= 15 is 0 Å². The van der Waals surface area contributed by atoms with Crippen LogP contribution in [0.5, 0.6) is 0 Å². The molecule has 0 heterocycles. The monoisotopic (exact) mass is 947 g/mol. The van der Waals surface area contributed by atoms with E-state index in [0.29, 0.717) is 0 Å². The third-order valence-electron chi connectivity index (χ3n) is 16.7. The zero-order valence-corrected chi connectivity index (χ0v) is 47.6. The molecular formula is C64H132NO2+. The molecule has 0 aromatic rings. The molecule has 0 fully saturated rings. The summed E-state index contributed by atoms with van der Waals surface area (Å²) in [5.74, 6) is 0. The molecule has 0 amide bonds. The van der Waals surface area contributed by atoms with E-state index in [1.54, 1.807) is 0 Å². The number of unbranched alkanes of at least 4 members (excludes halogenated alkanes) is 47. The largest absolute Gasteiger partial charge is 0.391 e. The highest BCUT2D eigenvalue weighted by Gasteiger charge is 2.48. The quantitative estimate of drug-likeness (QED) is 0.0471. The summed E-state index contributed by atoms with van der Waals surface area (Å²) in [6, 6.07) is 0. The molecule has 0 atom stereocenters. The van der Waals surface area contributed by atoms with Crippen molar-refractivity contribution in [3.05, 3.63) is 0 Å². The molecule has 0 saturated carbocycles. The van der Waals surface area contributed by atoms with Gasteiger partial charge in [-0.1, -0.05) is 323 Å². The molecule has 0 spiro atoms. The SMILES string of the molecule is CCCCCCCCCCCCCCCCCCC(CCCCCCCCCCC)(CCCCCCCCCCCCCCCCCC)[N+](CCO)(CCO)CCCCCCCCCCCC. The highest BCUT2D eigenvalue weighted by Crippen LogP contribution is 2.41. The zero-order valence-electron chi connectivity index (χ0n) is 47.6. The maximum atomic E-state index is 10.9. The molecule has 0 radical (unpaired) electrons. The Morgan fingerprint density at radius 3 is 0.552 bits per heavy atom. The topological polar surface area (TPSA) is 40.5 Å². The number of aliphatic hydroxyl groups is 2. The molecular weight excluding hydrogens is 815 g/mol. The smallest absolute Gasteiger partial charge is 0.103 e. The second-order valence-corrected chi connectivity index (χ2v) is 22.9. The van der Waals surface area contributed by atoms with Crippen molar-refractivity contribution in [2.45, 2.75) is 380 Å². The van der Waals surface area contributed by atoms with Crippen molar-refractivity contribution >= 4 is 0 Å². The lowest BCUT2D eigenvalue weighted by Crippen LogP contribution is -2.67. The van der Waals surface area contributed by atoms with Crippen LogP contribution >= 0.6 is 0 Å². The van der Waals surface area contributed by atoms with Crippen LogP contribution in [0.3, 0.4) is 0 Å². The molecule has 0 aromatic heterocycles. The van der Waals surface area contributed by atoms with Crippen molar-refractivity contribution in [3.63, 3.8) is 0 Å². The Kier molecular flexibility index (Phi) is 55.1. The number of hydrogen-bond donors (Lipinski definition) is 2. The maximum Gasteiger partial charge on any atom is 0.103 e. The average Bonchev–Trinajstić information content (AvgIpc) is 3.33. The van der Waals surface area contributed by atoms with Gasteiger partial charge >= 0.3 is 0 Å². The molecule has 0 rings (SSSR count). The summed E-state index contributed by atoms with van der Waals surface area (Å²) in [5, 5.41) is 21.8. The van der Waals surface area contributed by atoms with E-state index in [-0.39, 0.29) is 18.8 Å². The summed E-state index contributed by atoms with van der Waals surface area (Å²) in [6.45, 7) is 12.6. The van der Waals surface area contributed by atoms with E-state index in [1.165, 1.54) is 347 Å². The zero-order chi connectivity index (χ0) is 48.7. The average molecular weight is 948 g/mol. The molecule has 0 aliphatic rings. The lowest BCUT2D eigenvalue weighted by Gasteiger charge is -2.54. The van der Waals surface area contributed by atoms with E-state index in [4.69, 9.17) is 0 Å². The number of quaternary nitrogens is 1. The van der Waals surface area contributed by atoms with Crippen LogP contribution in [0.1, 0.15) is 374 Å². The van der Waals surface area contributed by atoms with Crippen LogP contribution in [0.2, 0.25) is 0 Å². The first-order valence-electron chi connectivity index (χ1n) is 32.2. The van der Waals surface area contributed by atoms with E-state index in [2.05, 4.69) is 27.7 Å². The van der Waals surface area contributed by atoms with E-state index < -0.39 is 0 Å². The number of nitrogens with zero attached hydrogens (tertiary/aromatic N) is 1. The molecule has 0 unspecified atom stereocenters. The lowest BCUT2D eigenvalue weighted by molar-refractivity contribution is -0.978. The first-order chi connectivity index (χ1) is 33.1. The Labute approximate surface area is 425 Å². The summed E-state index contributed by atoms with van der Waals surface area (Å²) in [5.41, 5.74) is 0.192. The highest BCUT2D eigenvalue weighted by atomic mass is 16.3. The predicted molar refractivity (Wildman–Crippen MR) is 304 cm³/mol. The van der Waals surface area contributed by atoms with Gasteiger partial charge in [-0.3, -0.25) is 0 Å². The van der Waals surface area contributed by atoms with Crippen LogP contribution in [0, 0.1) is 0 Å². The van der Waals surface area contributed by atoms with Gasteiger partial charge in [0.05, 0.1) is 25.3 Å². The fraction of sp³-hybridized carbons (Fsp3) is 1.00. The Balaban J connectivity index is 5.57. The third kappa shape index (κ3) is 42.1. The van der Waals surface area contributed by atoms with Gasteiger partial charge in [0.15, 0.2) is 0 Å². The minimum absolute atomic E-state index is 0.192. The van der Waals surface area contributed by atoms with Crippen LogP contribution in [-0.4, -0.2) is 53.1 Å². The lowest BCUT2D eigenvalue weighted by atomic mass is 9.77. The fourth-order valence-electron chi connectivity index (χ4n) is 12.2. The minimum Gasteiger partial charge on any atom is -0.391 e. The summed E-state index contributed by atoms with van der Waals surface area (Å²) in [7, 11) is 0. The summed E-state index contributed by atoms with van der Waals surface area (Å²) in [6.07, 6.45) is 75.6. The second kappa shape index (κ2) is 55.2.